The number of thiophene rings is 1. The lowest BCUT2D eigenvalue weighted by atomic mass is 10.1. The van der Waals surface area contributed by atoms with E-state index in [-0.39, 0.29) is 6.04 Å². The molecule has 2 heterocycles. The topological polar surface area (TPSA) is 33.3 Å². The number of hydrogen-bond donors (Lipinski definition) is 2. The predicted molar refractivity (Wildman–Crippen MR) is 58.1 cm³/mol. The van der Waals surface area contributed by atoms with Crippen LogP contribution < -0.4 is 10.8 Å². The quantitative estimate of drug-likeness (QED) is 0.450. The molecule has 0 amide bonds. The first-order chi connectivity index (χ1) is 6.92. The molecule has 1 aromatic heterocycles. The molecular formula is C10H14N2OS. The van der Waals surface area contributed by atoms with E-state index in [0.717, 1.165) is 13.1 Å². The molecule has 1 aliphatic heterocycles. The molecule has 0 aromatic carbocycles. The first kappa shape index (κ1) is 9.86. The molecule has 0 saturated heterocycles. The number of rotatable bonds is 4. The van der Waals surface area contributed by atoms with E-state index in [4.69, 9.17) is 4.84 Å². The van der Waals surface area contributed by atoms with Gasteiger partial charge in [0.15, 0.2) is 0 Å². The molecular weight excluding hydrogens is 196 g/mol. The Bertz CT molecular complexity index is 311. The molecule has 0 aliphatic carbocycles. The van der Waals surface area contributed by atoms with E-state index in [1.54, 1.807) is 17.4 Å². The number of nitrogens with one attached hydrogen (secondary N) is 2. The summed E-state index contributed by atoms with van der Waals surface area (Å²) in [6.07, 6.45) is 1.73. The van der Waals surface area contributed by atoms with Gasteiger partial charge < -0.3 is 5.32 Å². The molecule has 4 heteroatoms. The lowest BCUT2D eigenvalue weighted by molar-refractivity contribution is 0.0335. The van der Waals surface area contributed by atoms with Crippen molar-refractivity contribution in [2.45, 2.75) is 12.6 Å². The maximum atomic E-state index is 5.25. The summed E-state index contributed by atoms with van der Waals surface area (Å²) >= 11 is 1.78. The van der Waals surface area contributed by atoms with Crippen molar-refractivity contribution in [2.75, 3.05) is 13.2 Å². The summed E-state index contributed by atoms with van der Waals surface area (Å²) in [7, 11) is 0. The average molecular weight is 210 g/mol. The summed E-state index contributed by atoms with van der Waals surface area (Å²) in [4.78, 5) is 6.63. The monoisotopic (exact) mass is 210 g/mol. The highest BCUT2D eigenvalue weighted by molar-refractivity contribution is 7.10. The number of fused-ring (bicyclic) bond motifs is 1. The van der Waals surface area contributed by atoms with E-state index >= 15 is 0 Å². The van der Waals surface area contributed by atoms with E-state index < -0.39 is 0 Å². The molecule has 2 N–H and O–H groups in total. The highest BCUT2D eigenvalue weighted by atomic mass is 32.1. The van der Waals surface area contributed by atoms with Crippen molar-refractivity contribution in [1.29, 1.82) is 0 Å². The van der Waals surface area contributed by atoms with Crippen LogP contribution in [0.3, 0.4) is 0 Å². The first-order valence-corrected chi connectivity index (χ1v) is 5.55. The molecule has 0 saturated carbocycles. The summed E-state index contributed by atoms with van der Waals surface area (Å²) in [5, 5.41) is 5.47. The molecule has 0 bridgehead atoms. The molecule has 76 valence electrons. The third-order valence-electron chi connectivity index (χ3n) is 2.19. The minimum Gasteiger partial charge on any atom is -0.311 e. The fraction of sp³-hybridized carbons (Fsp3) is 0.400. The molecule has 2 rings (SSSR count). The zero-order chi connectivity index (χ0) is 9.80. The molecule has 0 radical (unpaired) electrons. The van der Waals surface area contributed by atoms with Gasteiger partial charge in [0.05, 0.1) is 12.6 Å². The summed E-state index contributed by atoms with van der Waals surface area (Å²) in [6.45, 7) is 6.03. The standard InChI is InChI=1S/C10H14N2OS/c1-2-4-13-12-9-7-11-6-8-3-5-14-10(8)9/h2-3,5,9,11-12H,1,4,6-7H2. The highest BCUT2D eigenvalue weighted by Gasteiger charge is 2.20. The first-order valence-electron chi connectivity index (χ1n) is 4.67. The molecule has 1 unspecified atom stereocenters. The van der Waals surface area contributed by atoms with Gasteiger partial charge in [-0.3, -0.25) is 4.84 Å². The van der Waals surface area contributed by atoms with Crippen LogP contribution in [-0.2, 0) is 11.4 Å². The summed E-state index contributed by atoms with van der Waals surface area (Å²) < 4.78 is 0. The van der Waals surface area contributed by atoms with Gasteiger partial charge in [0.25, 0.3) is 0 Å². The van der Waals surface area contributed by atoms with Gasteiger partial charge in [-0.25, -0.2) is 0 Å². The van der Waals surface area contributed by atoms with Crippen molar-refractivity contribution < 1.29 is 4.84 Å². The van der Waals surface area contributed by atoms with Crippen LogP contribution in [0.25, 0.3) is 0 Å². The zero-order valence-electron chi connectivity index (χ0n) is 7.95. The molecule has 14 heavy (non-hydrogen) atoms. The molecule has 1 aliphatic rings. The van der Waals surface area contributed by atoms with Crippen LogP contribution in [-0.4, -0.2) is 13.2 Å². The Morgan fingerprint density at radius 2 is 2.71 bits per heavy atom. The van der Waals surface area contributed by atoms with Crippen molar-refractivity contribution >= 4 is 11.3 Å². The summed E-state index contributed by atoms with van der Waals surface area (Å²) in [5.41, 5.74) is 4.42. The largest absolute Gasteiger partial charge is 0.311 e. The lowest BCUT2D eigenvalue weighted by Crippen LogP contribution is -2.35. The van der Waals surface area contributed by atoms with Crippen LogP contribution in [0.4, 0.5) is 0 Å². The Balaban J connectivity index is 1.98. The van der Waals surface area contributed by atoms with Gasteiger partial charge in [-0.1, -0.05) is 6.08 Å². The Labute approximate surface area is 87.7 Å². The summed E-state index contributed by atoms with van der Waals surface area (Å²) in [5.74, 6) is 0. The summed E-state index contributed by atoms with van der Waals surface area (Å²) in [6, 6.07) is 2.44. The van der Waals surface area contributed by atoms with Gasteiger partial charge in [0, 0.05) is 18.0 Å². The van der Waals surface area contributed by atoms with Crippen LogP contribution in [0.2, 0.25) is 0 Å². The van der Waals surface area contributed by atoms with Crippen LogP contribution in [0, 0.1) is 0 Å². The molecule has 0 spiro atoms. The highest BCUT2D eigenvalue weighted by Crippen LogP contribution is 2.27. The molecule has 1 aromatic rings. The van der Waals surface area contributed by atoms with Crippen LogP contribution in [0.1, 0.15) is 16.5 Å². The third-order valence-corrected chi connectivity index (χ3v) is 3.26. The van der Waals surface area contributed by atoms with Crippen LogP contribution in [0.5, 0.6) is 0 Å². The van der Waals surface area contributed by atoms with Gasteiger partial charge in [0.1, 0.15) is 0 Å². The van der Waals surface area contributed by atoms with Gasteiger partial charge in [-0.05, 0) is 17.0 Å². The van der Waals surface area contributed by atoms with Gasteiger partial charge in [-0.15, -0.1) is 17.9 Å². The van der Waals surface area contributed by atoms with Crippen molar-refractivity contribution in [3.05, 3.63) is 34.5 Å². The van der Waals surface area contributed by atoms with Gasteiger partial charge in [0.2, 0.25) is 0 Å². The molecule has 0 fully saturated rings. The lowest BCUT2D eigenvalue weighted by Gasteiger charge is -2.23. The van der Waals surface area contributed by atoms with Crippen molar-refractivity contribution in [3.8, 4) is 0 Å². The minimum absolute atomic E-state index is 0.277. The van der Waals surface area contributed by atoms with Gasteiger partial charge >= 0.3 is 0 Å². The van der Waals surface area contributed by atoms with Crippen molar-refractivity contribution in [2.24, 2.45) is 0 Å². The minimum atomic E-state index is 0.277. The maximum Gasteiger partial charge on any atom is 0.0861 e. The molecule has 1 atom stereocenters. The van der Waals surface area contributed by atoms with E-state index in [1.165, 1.54) is 10.4 Å². The Morgan fingerprint density at radius 1 is 1.79 bits per heavy atom. The second-order valence-corrected chi connectivity index (χ2v) is 4.16. The second-order valence-electron chi connectivity index (χ2n) is 3.21. The Kier molecular flexibility index (Phi) is 3.31. The fourth-order valence-corrected chi connectivity index (χ4v) is 2.51. The predicted octanol–water partition coefficient (Wildman–Crippen LogP) is 1.60. The Hall–Kier alpha value is -0.680. The van der Waals surface area contributed by atoms with Gasteiger partial charge in [-0.2, -0.15) is 5.48 Å². The van der Waals surface area contributed by atoms with E-state index in [0.29, 0.717) is 6.61 Å². The second kappa shape index (κ2) is 4.70. The number of hydroxylamine groups is 1. The van der Waals surface area contributed by atoms with E-state index in [9.17, 15) is 0 Å². The Morgan fingerprint density at radius 3 is 3.57 bits per heavy atom. The van der Waals surface area contributed by atoms with Crippen LogP contribution in [0.15, 0.2) is 24.1 Å². The smallest absolute Gasteiger partial charge is 0.0861 e. The fourth-order valence-electron chi connectivity index (χ4n) is 1.55. The zero-order valence-corrected chi connectivity index (χ0v) is 8.77. The van der Waals surface area contributed by atoms with Crippen LogP contribution >= 0.6 is 11.3 Å². The van der Waals surface area contributed by atoms with E-state index in [2.05, 4.69) is 28.8 Å². The number of hydrogen-bond acceptors (Lipinski definition) is 4. The molecule has 3 nitrogen and oxygen atoms in total. The van der Waals surface area contributed by atoms with Crippen molar-refractivity contribution in [1.82, 2.24) is 10.8 Å². The maximum absolute atomic E-state index is 5.25. The SMILES string of the molecule is C=CCONC1CNCc2ccsc21. The average Bonchev–Trinajstić information content (AvgIpc) is 2.67. The normalized spacial score (nSPS) is 20.4. The van der Waals surface area contributed by atoms with E-state index in [1.807, 2.05) is 0 Å². The third kappa shape index (κ3) is 2.04. The van der Waals surface area contributed by atoms with Crippen molar-refractivity contribution in [3.63, 3.8) is 0 Å².